The van der Waals surface area contributed by atoms with Gasteiger partial charge in [-0.3, -0.25) is 5.32 Å². The summed E-state index contributed by atoms with van der Waals surface area (Å²) < 4.78 is 28.0. The van der Waals surface area contributed by atoms with Crippen LogP contribution in [0.2, 0.25) is 0 Å². The fraction of sp³-hybridized carbons (Fsp3) is 0.417. The van der Waals surface area contributed by atoms with E-state index in [0.717, 1.165) is 5.56 Å². The van der Waals surface area contributed by atoms with Crippen molar-refractivity contribution in [2.45, 2.75) is 18.7 Å². The highest BCUT2D eigenvalue weighted by Crippen LogP contribution is 2.29. The molecule has 1 saturated heterocycles. The number of carbonyl (C=O) groups is 1. The third kappa shape index (κ3) is 2.02. The van der Waals surface area contributed by atoms with Gasteiger partial charge in [0.1, 0.15) is 0 Å². The van der Waals surface area contributed by atoms with Gasteiger partial charge in [0.2, 0.25) is 0 Å². The number of fused-ring (bicyclic) bond motifs is 1. The summed E-state index contributed by atoms with van der Waals surface area (Å²) in [5.41, 5.74) is 1.34. The maximum atomic E-state index is 11.6. The van der Waals surface area contributed by atoms with Crippen molar-refractivity contribution in [3.8, 4) is 0 Å². The van der Waals surface area contributed by atoms with E-state index < -0.39 is 16.1 Å². The van der Waals surface area contributed by atoms with E-state index in [1.165, 1.54) is 0 Å². The smallest absolute Gasteiger partial charge is 0.340 e. The van der Waals surface area contributed by atoms with Crippen LogP contribution in [0.3, 0.4) is 0 Å². The number of nitrogens with one attached hydrogen (secondary N) is 1. The Hall–Kier alpha value is -1.40. The van der Waals surface area contributed by atoms with Gasteiger partial charge in [0, 0.05) is 11.6 Å². The highest BCUT2D eigenvalue weighted by molar-refractivity contribution is 7.91. The third-order valence-corrected chi connectivity index (χ3v) is 5.08. The predicted octanol–water partition coefficient (Wildman–Crippen LogP) is 0.632. The largest absolute Gasteiger partial charge is 0.439 e. The lowest BCUT2D eigenvalue weighted by Gasteiger charge is -2.17. The summed E-state index contributed by atoms with van der Waals surface area (Å²) >= 11 is 0. The van der Waals surface area contributed by atoms with E-state index in [-0.39, 0.29) is 23.5 Å². The minimum atomic E-state index is -2.93. The lowest BCUT2D eigenvalue weighted by molar-refractivity contribution is 0.0285. The van der Waals surface area contributed by atoms with Crippen molar-refractivity contribution in [3.05, 3.63) is 35.4 Å². The van der Waals surface area contributed by atoms with Crippen LogP contribution in [0.25, 0.3) is 0 Å². The van der Waals surface area contributed by atoms with Crippen LogP contribution in [0.5, 0.6) is 0 Å². The number of hydrogen-bond donors (Lipinski definition) is 1. The normalized spacial score (nSPS) is 29.0. The molecule has 0 spiro atoms. The Kier molecular flexibility index (Phi) is 2.64. The molecule has 2 atom stereocenters. The lowest BCUT2D eigenvalue weighted by atomic mass is 10.1. The Morgan fingerprint density at radius 3 is 2.78 bits per heavy atom. The van der Waals surface area contributed by atoms with Gasteiger partial charge in [-0.05, 0) is 12.5 Å². The number of cyclic esters (lactones) is 1. The second-order valence-corrected chi connectivity index (χ2v) is 6.87. The molecule has 5 nitrogen and oxygen atoms in total. The Morgan fingerprint density at radius 2 is 2.06 bits per heavy atom. The molecule has 2 aliphatic heterocycles. The quantitative estimate of drug-likeness (QED) is 0.796. The van der Waals surface area contributed by atoms with Crippen molar-refractivity contribution in [2.75, 3.05) is 11.5 Å². The fourth-order valence-corrected chi connectivity index (χ4v) is 4.10. The van der Waals surface area contributed by atoms with Gasteiger partial charge in [-0.25, -0.2) is 13.2 Å². The first-order chi connectivity index (χ1) is 8.55. The molecule has 0 saturated carbocycles. The first-order valence-corrected chi connectivity index (χ1v) is 7.64. The number of sulfone groups is 1. The number of ether oxygens (including phenoxy) is 1. The van der Waals surface area contributed by atoms with Crippen LogP contribution in [-0.2, 0) is 14.6 Å². The molecule has 2 unspecified atom stereocenters. The predicted molar refractivity (Wildman–Crippen MR) is 64.8 cm³/mol. The molecule has 18 heavy (non-hydrogen) atoms. The molecule has 0 amide bonds. The highest BCUT2D eigenvalue weighted by atomic mass is 32.2. The summed E-state index contributed by atoms with van der Waals surface area (Å²) in [6.45, 7) is 0. The van der Waals surface area contributed by atoms with Gasteiger partial charge < -0.3 is 4.74 Å². The summed E-state index contributed by atoms with van der Waals surface area (Å²) in [5, 5.41) is 3.10. The van der Waals surface area contributed by atoms with Crippen molar-refractivity contribution in [1.82, 2.24) is 5.32 Å². The molecule has 3 rings (SSSR count). The molecule has 1 aromatic carbocycles. The monoisotopic (exact) mass is 267 g/mol. The summed E-state index contributed by atoms with van der Waals surface area (Å²) in [6.07, 6.45) is 0.0467. The molecule has 0 aromatic heterocycles. The minimum absolute atomic E-state index is 0.114. The molecular weight excluding hydrogens is 254 g/mol. The maximum absolute atomic E-state index is 11.6. The van der Waals surface area contributed by atoms with Crippen LogP contribution < -0.4 is 5.32 Å². The first-order valence-electron chi connectivity index (χ1n) is 5.81. The summed E-state index contributed by atoms with van der Waals surface area (Å²) in [4.78, 5) is 11.6. The number of carbonyl (C=O) groups excluding carboxylic acids is 1. The third-order valence-electron chi connectivity index (χ3n) is 3.31. The molecule has 1 fully saturated rings. The summed E-state index contributed by atoms with van der Waals surface area (Å²) in [5.74, 6) is -0.0418. The lowest BCUT2D eigenvalue weighted by Crippen LogP contribution is -2.33. The van der Waals surface area contributed by atoms with E-state index in [2.05, 4.69) is 5.32 Å². The second-order valence-electron chi connectivity index (χ2n) is 4.64. The molecule has 96 valence electrons. The summed E-state index contributed by atoms with van der Waals surface area (Å²) in [6, 6.07) is 7.01. The topological polar surface area (TPSA) is 72.5 Å². The van der Waals surface area contributed by atoms with Gasteiger partial charge in [0.05, 0.1) is 17.1 Å². The number of benzene rings is 1. The van der Waals surface area contributed by atoms with E-state index in [1.54, 1.807) is 12.1 Å². The Balaban J connectivity index is 1.78. The minimum Gasteiger partial charge on any atom is -0.439 e. The van der Waals surface area contributed by atoms with Crippen molar-refractivity contribution < 1.29 is 17.9 Å². The molecular formula is C12H13NO4S. The summed E-state index contributed by atoms with van der Waals surface area (Å²) in [7, 11) is -2.93. The van der Waals surface area contributed by atoms with Gasteiger partial charge in [-0.1, -0.05) is 18.2 Å². The van der Waals surface area contributed by atoms with Crippen LogP contribution in [0.15, 0.2) is 24.3 Å². The zero-order chi connectivity index (χ0) is 12.8. The van der Waals surface area contributed by atoms with E-state index in [4.69, 9.17) is 4.74 Å². The van der Waals surface area contributed by atoms with Crippen molar-refractivity contribution in [3.63, 3.8) is 0 Å². The molecule has 0 bridgehead atoms. The standard InChI is InChI=1S/C12H13NO4S/c14-12-10-4-2-1-3-9(10)11(17-12)13-8-5-6-18(15,16)7-8/h1-4,8,11,13H,5-7H2. The van der Waals surface area contributed by atoms with Crippen LogP contribution in [0, 0.1) is 0 Å². The molecule has 2 aliphatic rings. The second kappa shape index (κ2) is 4.07. The number of hydrogen-bond acceptors (Lipinski definition) is 5. The van der Waals surface area contributed by atoms with E-state index >= 15 is 0 Å². The molecule has 0 radical (unpaired) electrons. The molecule has 6 heteroatoms. The Morgan fingerprint density at radius 1 is 1.28 bits per heavy atom. The number of esters is 1. The molecule has 2 heterocycles. The number of rotatable bonds is 2. The van der Waals surface area contributed by atoms with Crippen LogP contribution >= 0.6 is 0 Å². The van der Waals surface area contributed by atoms with Crippen LogP contribution in [-0.4, -0.2) is 31.9 Å². The van der Waals surface area contributed by atoms with E-state index in [9.17, 15) is 13.2 Å². The van der Waals surface area contributed by atoms with E-state index in [1.807, 2.05) is 12.1 Å². The average Bonchev–Trinajstić information content (AvgIpc) is 2.82. The van der Waals surface area contributed by atoms with Gasteiger partial charge in [0.25, 0.3) is 0 Å². The highest BCUT2D eigenvalue weighted by Gasteiger charge is 2.35. The first kappa shape index (κ1) is 11.7. The Bertz CT molecular complexity index is 596. The van der Waals surface area contributed by atoms with Crippen molar-refractivity contribution in [2.24, 2.45) is 0 Å². The van der Waals surface area contributed by atoms with Gasteiger partial charge in [0.15, 0.2) is 16.1 Å². The Labute approximate surface area is 105 Å². The fourth-order valence-electron chi connectivity index (χ4n) is 2.41. The van der Waals surface area contributed by atoms with Crippen LogP contribution in [0.4, 0.5) is 0 Å². The van der Waals surface area contributed by atoms with Crippen LogP contribution in [0.1, 0.15) is 28.6 Å². The maximum Gasteiger partial charge on any atom is 0.340 e. The molecule has 0 aliphatic carbocycles. The van der Waals surface area contributed by atoms with Gasteiger partial charge in [-0.2, -0.15) is 0 Å². The zero-order valence-corrected chi connectivity index (χ0v) is 10.4. The van der Waals surface area contributed by atoms with Gasteiger partial charge >= 0.3 is 5.97 Å². The SMILES string of the molecule is O=C1OC(NC2CCS(=O)(=O)C2)c2ccccc21. The van der Waals surface area contributed by atoms with Crippen molar-refractivity contribution >= 4 is 15.8 Å². The van der Waals surface area contributed by atoms with Crippen molar-refractivity contribution in [1.29, 1.82) is 0 Å². The van der Waals surface area contributed by atoms with Gasteiger partial charge in [-0.15, -0.1) is 0 Å². The molecule has 1 N–H and O–H groups in total. The average molecular weight is 267 g/mol. The zero-order valence-electron chi connectivity index (χ0n) is 9.63. The molecule has 1 aromatic rings. The van der Waals surface area contributed by atoms with E-state index in [0.29, 0.717) is 12.0 Å².